The zero-order valence-electron chi connectivity index (χ0n) is 12.6. The number of nitrogens with zero attached hydrogens (tertiary/aromatic N) is 1. The third-order valence-electron chi connectivity index (χ3n) is 6.38. The standard InChI is InChI=1S/C17H30N/c1-4-7-14-12-17(2)16-9-6-5-8-15(16)10-11-18(17,3)13-14/h14H,4-13H2,1-3H3/q+1/t14-,17+,18+/m1/s1. The topological polar surface area (TPSA) is 0 Å². The molecule has 3 rings (SSSR count). The fourth-order valence-electron chi connectivity index (χ4n) is 5.28. The van der Waals surface area contributed by atoms with Gasteiger partial charge in [0.15, 0.2) is 0 Å². The molecule has 0 radical (unpaired) electrons. The first kappa shape index (κ1) is 12.7. The summed E-state index contributed by atoms with van der Waals surface area (Å²) in [7, 11) is 2.55. The van der Waals surface area contributed by atoms with E-state index in [0.717, 1.165) is 5.92 Å². The Balaban J connectivity index is 1.94. The Bertz CT molecular complexity index is 370. The van der Waals surface area contributed by atoms with Crippen LogP contribution in [0.1, 0.15) is 65.2 Å². The summed E-state index contributed by atoms with van der Waals surface area (Å²) in [5.41, 5.74) is 4.28. The monoisotopic (exact) mass is 248 g/mol. The fraction of sp³-hybridized carbons (Fsp3) is 0.882. The molecule has 3 atom stereocenters. The van der Waals surface area contributed by atoms with Crippen molar-refractivity contribution in [2.24, 2.45) is 5.92 Å². The second-order valence-electron chi connectivity index (χ2n) is 7.47. The second kappa shape index (κ2) is 4.37. The molecular formula is C17H30N+. The number of rotatable bonds is 2. The van der Waals surface area contributed by atoms with Gasteiger partial charge in [-0.1, -0.05) is 18.9 Å². The van der Waals surface area contributed by atoms with Crippen molar-refractivity contribution < 1.29 is 4.48 Å². The van der Waals surface area contributed by atoms with E-state index in [2.05, 4.69) is 20.9 Å². The number of likely N-dealkylation sites (N-methyl/N-ethyl adjacent to an activating group) is 1. The molecule has 0 bridgehead atoms. The first-order valence-electron chi connectivity index (χ1n) is 8.15. The Kier molecular flexibility index (Phi) is 3.09. The zero-order chi connectivity index (χ0) is 12.8. The minimum absolute atomic E-state index is 0.508. The van der Waals surface area contributed by atoms with E-state index in [-0.39, 0.29) is 0 Å². The van der Waals surface area contributed by atoms with Crippen LogP contribution in [0, 0.1) is 5.92 Å². The van der Waals surface area contributed by atoms with Crippen molar-refractivity contribution in [1.29, 1.82) is 0 Å². The Morgan fingerprint density at radius 2 is 2.00 bits per heavy atom. The van der Waals surface area contributed by atoms with Crippen LogP contribution >= 0.6 is 0 Å². The zero-order valence-corrected chi connectivity index (χ0v) is 12.6. The summed E-state index contributed by atoms with van der Waals surface area (Å²) in [5, 5.41) is 0. The molecule has 1 fully saturated rings. The number of hydrogen-bond acceptors (Lipinski definition) is 0. The summed E-state index contributed by atoms with van der Waals surface area (Å²) in [6, 6.07) is 0. The van der Waals surface area contributed by atoms with E-state index in [1.54, 1.807) is 0 Å². The highest BCUT2D eigenvalue weighted by Gasteiger charge is 2.56. The molecule has 2 aliphatic heterocycles. The van der Waals surface area contributed by atoms with E-state index >= 15 is 0 Å². The average Bonchev–Trinajstić information content (AvgIpc) is 2.62. The van der Waals surface area contributed by atoms with Crippen molar-refractivity contribution in [1.82, 2.24) is 0 Å². The first-order valence-corrected chi connectivity index (χ1v) is 8.15. The molecule has 0 amide bonds. The smallest absolute Gasteiger partial charge is 0.118 e. The summed E-state index contributed by atoms with van der Waals surface area (Å²) >= 11 is 0. The van der Waals surface area contributed by atoms with Crippen LogP contribution in [0.5, 0.6) is 0 Å². The SMILES string of the molecule is CCC[C@@H]1C[C@@]2(C)C3=C(CCCC3)CC[N@@+]2(C)C1. The lowest BCUT2D eigenvalue weighted by atomic mass is 9.73. The van der Waals surface area contributed by atoms with Crippen LogP contribution in [0.15, 0.2) is 11.1 Å². The highest BCUT2D eigenvalue weighted by atomic mass is 15.4. The Labute approximate surface area is 113 Å². The van der Waals surface area contributed by atoms with Crippen LogP contribution < -0.4 is 0 Å². The number of hydrogen-bond donors (Lipinski definition) is 0. The van der Waals surface area contributed by atoms with Gasteiger partial charge in [0.25, 0.3) is 0 Å². The fourth-order valence-corrected chi connectivity index (χ4v) is 5.28. The average molecular weight is 248 g/mol. The van der Waals surface area contributed by atoms with Gasteiger partial charge in [-0.15, -0.1) is 0 Å². The quantitative estimate of drug-likeness (QED) is 0.505. The molecule has 0 aromatic carbocycles. The minimum atomic E-state index is 0.508. The van der Waals surface area contributed by atoms with E-state index in [0.29, 0.717) is 5.54 Å². The Hall–Kier alpha value is -0.300. The molecule has 0 aromatic rings. The number of fused-ring (bicyclic) bond motifs is 2. The molecule has 1 nitrogen and oxygen atoms in total. The first-order chi connectivity index (χ1) is 8.59. The van der Waals surface area contributed by atoms with Crippen molar-refractivity contribution in [3.8, 4) is 0 Å². The molecule has 18 heavy (non-hydrogen) atoms. The molecule has 0 N–H and O–H groups in total. The van der Waals surface area contributed by atoms with E-state index in [4.69, 9.17) is 0 Å². The van der Waals surface area contributed by atoms with Crippen LogP contribution in [-0.2, 0) is 0 Å². The third kappa shape index (κ3) is 1.70. The van der Waals surface area contributed by atoms with Gasteiger partial charge in [0.2, 0.25) is 0 Å². The Morgan fingerprint density at radius 3 is 2.78 bits per heavy atom. The van der Waals surface area contributed by atoms with Gasteiger partial charge in [0.1, 0.15) is 5.54 Å². The van der Waals surface area contributed by atoms with Gasteiger partial charge >= 0.3 is 0 Å². The molecule has 1 saturated heterocycles. The predicted molar refractivity (Wildman–Crippen MR) is 77.4 cm³/mol. The van der Waals surface area contributed by atoms with Crippen molar-refractivity contribution in [2.75, 3.05) is 20.1 Å². The largest absolute Gasteiger partial charge is 0.317 e. The molecule has 0 aromatic heterocycles. The van der Waals surface area contributed by atoms with Gasteiger partial charge in [0, 0.05) is 18.8 Å². The maximum absolute atomic E-state index is 2.60. The highest BCUT2D eigenvalue weighted by Crippen LogP contribution is 2.52. The molecule has 0 spiro atoms. The van der Waals surface area contributed by atoms with Crippen LogP contribution in [-0.4, -0.2) is 30.2 Å². The van der Waals surface area contributed by atoms with E-state index in [1.807, 2.05) is 11.1 Å². The van der Waals surface area contributed by atoms with Crippen LogP contribution in [0.4, 0.5) is 0 Å². The maximum atomic E-state index is 2.60. The molecule has 3 aliphatic rings. The van der Waals surface area contributed by atoms with E-state index < -0.39 is 0 Å². The van der Waals surface area contributed by atoms with Crippen molar-refractivity contribution >= 4 is 0 Å². The second-order valence-corrected chi connectivity index (χ2v) is 7.47. The lowest BCUT2D eigenvalue weighted by Gasteiger charge is -2.51. The van der Waals surface area contributed by atoms with Crippen molar-refractivity contribution in [3.05, 3.63) is 11.1 Å². The summed E-state index contributed by atoms with van der Waals surface area (Å²) < 4.78 is 1.36. The van der Waals surface area contributed by atoms with Gasteiger partial charge in [-0.25, -0.2) is 0 Å². The molecule has 102 valence electrons. The lowest BCUT2D eigenvalue weighted by molar-refractivity contribution is -0.942. The van der Waals surface area contributed by atoms with E-state index in [9.17, 15) is 0 Å². The van der Waals surface area contributed by atoms with Gasteiger partial charge in [-0.2, -0.15) is 0 Å². The summed E-state index contributed by atoms with van der Waals surface area (Å²) in [6.07, 6.45) is 11.4. The van der Waals surface area contributed by atoms with Crippen LogP contribution in [0.25, 0.3) is 0 Å². The van der Waals surface area contributed by atoms with Gasteiger partial charge in [-0.05, 0) is 44.6 Å². The van der Waals surface area contributed by atoms with Crippen LogP contribution in [0.3, 0.4) is 0 Å². The molecule has 0 saturated carbocycles. The maximum Gasteiger partial charge on any atom is 0.118 e. The molecule has 1 aliphatic carbocycles. The normalized spacial score (nSPS) is 43.8. The summed E-state index contributed by atoms with van der Waals surface area (Å²) in [6.45, 7) is 7.81. The van der Waals surface area contributed by atoms with Crippen LogP contribution in [0.2, 0.25) is 0 Å². The molecule has 2 heterocycles. The Morgan fingerprint density at radius 1 is 1.22 bits per heavy atom. The predicted octanol–water partition coefficient (Wildman–Crippen LogP) is 4.29. The molecular weight excluding hydrogens is 218 g/mol. The van der Waals surface area contributed by atoms with Gasteiger partial charge < -0.3 is 4.48 Å². The van der Waals surface area contributed by atoms with Crippen molar-refractivity contribution in [3.63, 3.8) is 0 Å². The molecule has 0 unspecified atom stereocenters. The molecule has 1 heteroatoms. The third-order valence-corrected chi connectivity index (χ3v) is 6.38. The van der Waals surface area contributed by atoms with Gasteiger partial charge in [0.05, 0.1) is 20.1 Å². The highest BCUT2D eigenvalue weighted by molar-refractivity contribution is 5.29. The lowest BCUT2D eigenvalue weighted by Crippen LogP contribution is -2.60. The minimum Gasteiger partial charge on any atom is -0.317 e. The summed E-state index contributed by atoms with van der Waals surface area (Å²) in [4.78, 5) is 0. The van der Waals surface area contributed by atoms with Crippen molar-refractivity contribution in [2.45, 2.75) is 70.8 Å². The van der Waals surface area contributed by atoms with Gasteiger partial charge in [-0.3, -0.25) is 0 Å². The summed E-state index contributed by atoms with van der Waals surface area (Å²) in [5.74, 6) is 0.985. The number of quaternary nitrogens is 1. The van der Waals surface area contributed by atoms with E-state index in [1.165, 1.54) is 68.9 Å².